The second kappa shape index (κ2) is 3.81. The van der Waals surface area contributed by atoms with Crippen molar-refractivity contribution < 1.29 is 13.6 Å². The van der Waals surface area contributed by atoms with Gasteiger partial charge in [-0.25, -0.2) is 8.78 Å². The fraction of sp³-hybridized carbons (Fsp3) is 0.125. The Morgan fingerprint density at radius 2 is 2.08 bits per heavy atom. The van der Waals surface area contributed by atoms with Crippen molar-refractivity contribution in [3.05, 3.63) is 34.4 Å². The van der Waals surface area contributed by atoms with Gasteiger partial charge in [-0.05, 0) is 12.1 Å². The van der Waals surface area contributed by atoms with Crippen molar-refractivity contribution >= 4 is 17.4 Å². The minimum atomic E-state index is -0.932. The summed E-state index contributed by atoms with van der Waals surface area (Å²) in [5.74, 6) is -2.37. The zero-order chi connectivity index (χ0) is 10.0. The van der Waals surface area contributed by atoms with E-state index in [1.54, 1.807) is 0 Å². The van der Waals surface area contributed by atoms with Crippen LogP contribution in [-0.2, 0) is 0 Å². The second-order valence-corrected chi connectivity index (χ2v) is 2.78. The Bertz CT molecular complexity index is 354. The summed E-state index contributed by atoms with van der Waals surface area (Å²) >= 11 is 5.31. The zero-order valence-electron chi connectivity index (χ0n) is 6.48. The van der Waals surface area contributed by atoms with Gasteiger partial charge in [0.25, 0.3) is 0 Å². The van der Waals surface area contributed by atoms with Gasteiger partial charge in [-0.2, -0.15) is 0 Å². The van der Waals surface area contributed by atoms with Crippen molar-refractivity contribution in [3.8, 4) is 0 Å². The number of carbonyl (C=O) groups excluding carboxylic acids is 1. The van der Waals surface area contributed by atoms with Crippen LogP contribution < -0.4 is 5.73 Å². The van der Waals surface area contributed by atoms with Gasteiger partial charge >= 0.3 is 0 Å². The number of carbonyl (C=O) groups is 1. The summed E-state index contributed by atoms with van der Waals surface area (Å²) in [7, 11) is 0. The molecule has 1 rings (SSSR count). The monoisotopic (exact) mass is 205 g/mol. The Hall–Kier alpha value is -1.00. The molecule has 5 heteroatoms. The third-order valence-electron chi connectivity index (χ3n) is 1.48. The lowest BCUT2D eigenvalue weighted by atomic mass is 10.1. The van der Waals surface area contributed by atoms with Crippen LogP contribution in [0, 0.1) is 11.6 Å². The van der Waals surface area contributed by atoms with Crippen LogP contribution in [0.25, 0.3) is 0 Å². The van der Waals surface area contributed by atoms with Crippen molar-refractivity contribution in [2.75, 3.05) is 6.54 Å². The van der Waals surface area contributed by atoms with Crippen LogP contribution in [0.4, 0.5) is 8.78 Å². The Morgan fingerprint density at radius 1 is 1.46 bits per heavy atom. The number of nitrogens with two attached hydrogens (primary N) is 1. The van der Waals surface area contributed by atoms with E-state index in [2.05, 4.69) is 0 Å². The summed E-state index contributed by atoms with van der Waals surface area (Å²) in [5, 5.41) is -0.420. The summed E-state index contributed by atoms with van der Waals surface area (Å²) in [5.41, 5.74) is 4.58. The van der Waals surface area contributed by atoms with Gasteiger partial charge in [-0.3, -0.25) is 4.79 Å². The SMILES string of the molecule is NCC(=O)c1cc(F)cc(Cl)c1F. The van der Waals surface area contributed by atoms with Crippen molar-refractivity contribution in [3.63, 3.8) is 0 Å². The molecule has 0 aliphatic carbocycles. The van der Waals surface area contributed by atoms with E-state index in [1.807, 2.05) is 0 Å². The van der Waals surface area contributed by atoms with Crippen LogP contribution in [0.3, 0.4) is 0 Å². The molecule has 0 aromatic heterocycles. The van der Waals surface area contributed by atoms with Gasteiger partial charge in [0.15, 0.2) is 11.6 Å². The predicted molar refractivity (Wildman–Crippen MR) is 44.8 cm³/mol. The van der Waals surface area contributed by atoms with Crippen LogP contribution in [0.1, 0.15) is 10.4 Å². The van der Waals surface area contributed by atoms with Crippen LogP contribution in [0.15, 0.2) is 12.1 Å². The first-order chi connectivity index (χ1) is 6.06. The number of benzene rings is 1. The smallest absolute Gasteiger partial charge is 0.179 e. The standard InChI is InChI=1S/C8H6ClF2NO/c9-6-2-4(10)1-5(8(6)11)7(13)3-12/h1-2H,3,12H2. The van der Waals surface area contributed by atoms with Crippen LogP contribution >= 0.6 is 11.6 Å². The van der Waals surface area contributed by atoms with Gasteiger partial charge < -0.3 is 5.73 Å². The molecule has 0 unspecified atom stereocenters. The van der Waals surface area contributed by atoms with Gasteiger partial charge in [-0.1, -0.05) is 11.6 Å². The highest BCUT2D eigenvalue weighted by Crippen LogP contribution is 2.20. The van der Waals surface area contributed by atoms with Gasteiger partial charge in [-0.15, -0.1) is 0 Å². The molecule has 0 fully saturated rings. The molecule has 2 nitrogen and oxygen atoms in total. The topological polar surface area (TPSA) is 43.1 Å². The predicted octanol–water partition coefficient (Wildman–Crippen LogP) is 1.76. The molecule has 1 aromatic carbocycles. The quantitative estimate of drug-likeness (QED) is 0.591. The Kier molecular flexibility index (Phi) is 2.95. The highest BCUT2D eigenvalue weighted by molar-refractivity contribution is 6.31. The first kappa shape index (κ1) is 10.1. The van der Waals surface area contributed by atoms with E-state index in [-0.39, 0.29) is 6.54 Å². The molecule has 1 aromatic rings. The van der Waals surface area contributed by atoms with Gasteiger partial charge in [0.2, 0.25) is 0 Å². The number of rotatable bonds is 2. The fourth-order valence-electron chi connectivity index (χ4n) is 0.869. The lowest BCUT2D eigenvalue weighted by Crippen LogP contribution is -2.15. The molecule has 0 bridgehead atoms. The van der Waals surface area contributed by atoms with Crippen molar-refractivity contribution in [2.45, 2.75) is 0 Å². The summed E-state index contributed by atoms with van der Waals surface area (Å²) in [6.07, 6.45) is 0. The molecule has 70 valence electrons. The summed E-state index contributed by atoms with van der Waals surface area (Å²) in [4.78, 5) is 10.9. The highest BCUT2D eigenvalue weighted by Gasteiger charge is 2.14. The zero-order valence-corrected chi connectivity index (χ0v) is 7.24. The average Bonchev–Trinajstić information content (AvgIpc) is 2.10. The normalized spacial score (nSPS) is 10.2. The molecule has 13 heavy (non-hydrogen) atoms. The number of Topliss-reactive ketones (excluding diaryl/α,β-unsaturated/α-hetero) is 1. The third-order valence-corrected chi connectivity index (χ3v) is 1.75. The molecule has 0 aliphatic heterocycles. The summed E-state index contributed by atoms with van der Waals surface area (Å²) in [6.45, 7) is -0.378. The number of hydrogen-bond donors (Lipinski definition) is 1. The van der Waals surface area contributed by atoms with Gasteiger partial charge in [0.05, 0.1) is 17.1 Å². The van der Waals surface area contributed by atoms with Crippen LogP contribution in [0.2, 0.25) is 5.02 Å². The molecular formula is C8H6ClF2NO. The maximum atomic E-state index is 13.0. The van der Waals surface area contributed by atoms with E-state index in [9.17, 15) is 13.6 Å². The maximum absolute atomic E-state index is 13.0. The van der Waals surface area contributed by atoms with Crippen molar-refractivity contribution in [1.82, 2.24) is 0 Å². The minimum absolute atomic E-state index is 0.378. The Morgan fingerprint density at radius 3 is 2.62 bits per heavy atom. The molecular weight excluding hydrogens is 200 g/mol. The molecule has 2 N–H and O–H groups in total. The Balaban J connectivity index is 3.28. The molecule has 0 saturated carbocycles. The molecule has 0 saturated heterocycles. The summed E-state index contributed by atoms with van der Waals surface area (Å²) in [6, 6.07) is 1.57. The van der Waals surface area contributed by atoms with Gasteiger partial charge in [0.1, 0.15) is 5.82 Å². The lowest BCUT2D eigenvalue weighted by Gasteiger charge is -2.01. The second-order valence-electron chi connectivity index (χ2n) is 2.38. The lowest BCUT2D eigenvalue weighted by molar-refractivity contribution is 0.0997. The van der Waals surface area contributed by atoms with E-state index >= 15 is 0 Å². The third kappa shape index (κ3) is 2.02. The number of halogens is 3. The maximum Gasteiger partial charge on any atom is 0.179 e. The minimum Gasteiger partial charge on any atom is -0.324 e. The molecule has 0 amide bonds. The Labute approximate surface area is 78.3 Å². The first-order valence-corrected chi connectivity index (χ1v) is 3.82. The van der Waals surface area contributed by atoms with Crippen LogP contribution in [0.5, 0.6) is 0 Å². The first-order valence-electron chi connectivity index (χ1n) is 3.44. The molecule has 0 aliphatic rings. The molecule has 0 atom stereocenters. The van der Waals surface area contributed by atoms with E-state index < -0.39 is 28.0 Å². The van der Waals surface area contributed by atoms with E-state index in [4.69, 9.17) is 17.3 Å². The van der Waals surface area contributed by atoms with E-state index in [1.165, 1.54) is 0 Å². The molecule has 0 heterocycles. The number of ketones is 1. The average molecular weight is 206 g/mol. The fourth-order valence-corrected chi connectivity index (χ4v) is 1.07. The van der Waals surface area contributed by atoms with E-state index in [0.29, 0.717) is 0 Å². The van der Waals surface area contributed by atoms with Crippen molar-refractivity contribution in [2.24, 2.45) is 5.73 Å². The molecule has 0 spiro atoms. The largest absolute Gasteiger partial charge is 0.324 e. The number of hydrogen-bond acceptors (Lipinski definition) is 2. The summed E-state index contributed by atoms with van der Waals surface area (Å²) < 4.78 is 25.7. The van der Waals surface area contributed by atoms with E-state index in [0.717, 1.165) is 12.1 Å². The van der Waals surface area contributed by atoms with Crippen LogP contribution in [-0.4, -0.2) is 12.3 Å². The highest BCUT2D eigenvalue weighted by atomic mass is 35.5. The molecule has 0 radical (unpaired) electrons. The van der Waals surface area contributed by atoms with Crippen molar-refractivity contribution in [1.29, 1.82) is 0 Å². The van der Waals surface area contributed by atoms with Gasteiger partial charge in [0, 0.05) is 0 Å².